The Morgan fingerprint density at radius 1 is 1.28 bits per heavy atom. The predicted molar refractivity (Wildman–Crippen MR) is 108 cm³/mol. The average molecular weight is 428 g/mol. The van der Waals surface area contributed by atoms with Crippen LogP contribution in [0.15, 0.2) is 23.1 Å². The van der Waals surface area contributed by atoms with Crippen LogP contribution in [0.1, 0.15) is 52.9 Å². The molecule has 9 nitrogen and oxygen atoms in total. The van der Waals surface area contributed by atoms with Crippen molar-refractivity contribution < 1.29 is 22.9 Å². The fourth-order valence-corrected chi connectivity index (χ4v) is 4.90. The van der Waals surface area contributed by atoms with Crippen LogP contribution in [0.5, 0.6) is 5.75 Å². The van der Waals surface area contributed by atoms with E-state index in [9.17, 15) is 23.3 Å². The van der Waals surface area contributed by atoms with E-state index < -0.39 is 26.7 Å². The van der Waals surface area contributed by atoms with E-state index >= 15 is 0 Å². The highest BCUT2D eigenvalue weighted by Crippen LogP contribution is 2.31. The van der Waals surface area contributed by atoms with E-state index in [-0.39, 0.29) is 35.7 Å². The van der Waals surface area contributed by atoms with Crippen LogP contribution >= 0.6 is 0 Å². The quantitative estimate of drug-likeness (QED) is 0.478. The van der Waals surface area contributed by atoms with Gasteiger partial charge in [-0.3, -0.25) is 14.9 Å². The minimum absolute atomic E-state index is 0.0962. The lowest BCUT2D eigenvalue weighted by Gasteiger charge is -2.24. The van der Waals surface area contributed by atoms with Crippen molar-refractivity contribution in [3.05, 3.63) is 28.3 Å². The molecule has 0 heterocycles. The molecule has 1 aromatic carbocycles. The summed E-state index contributed by atoms with van der Waals surface area (Å²) in [6.45, 7) is 5.41. The molecule has 1 saturated carbocycles. The number of nitro groups is 1. The first-order valence-electron chi connectivity index (χ1n) is 9.96. The molecule has 29 heavy (non-hydrogen) atoms. The number of sulfonamides is 1. The Morgan fingerprint density at radius 3 is 2.45 bits per heavy atom. The number of ether oxygens (including phenoxy) is 1. The van der Waals surface area contributed by atoms with E-state index in [1.807, 2.05) is 0 Å². The Morgan fingerprint density at radius 2 is 1.90 bits per heavy atom. The zero-order valence-corrected chi connectivity index (χ0v) is 17.9. The standard InChI is InChI=1S/C19H29N3O6S/c1-4-21(5-2)29(26,27)16-11-12-18(17(13-16)22(24)25)28-14(3)19(23)20-15-9-7-6-8-10-15/h11-15H,4-10H2,1-3H3,(H,20,23). The Hall–Kier alpha value is -2.20. The maximum atomic E-state index is 12.6. The topological polar surface area (TPSA) is 119 Å². The summed E-state index contributed by atoms with van der Waals surface area (Å²) in [6, 6.07) is 3.58. The molecule has 0 spiro atoms. The molecular weight excluding hydrogens is 398 g/mol. The third-order valence-electron chi connectivity index (χ3n) is 5.09. The van der Waals surface area contributed by atoms with E-state index in [0.717, 1.165) is 38.2 Å². The van der Waals surface area contributed by atoms with E-state index in [0.29, 0.717) is 0 Å². The van der Waals surface area contributed by atoms with Crippen LogP contribution in [-0.2, 0) is 14.8 Å². The van der Waals surface area contributed by atoms with Gasteiger partial charge in [-0.1, -0.05) is 33.1 Å². The van der Waals surface area contributed by atoms with Crippen molar-refractivity contribution in [1.82, 2.24) is 9.62 Å². The normalized spacial score (nSPS) is 16.4. The predicted octanol–water partition coefficient (Wildman–Crippen LogP) is 2.84. The number of nitro benzene ring substituents is 1. The van der Waals surface area contributed by atoms with Gasteiger partial charge in [-0.05, 0) is 31.9 Å². The number of hydrogen-bond donors (Lipinski definition) is 1. The molecule has 1 unspecified atom stereocenters. The lowest BCUT2D eigenvalue weighted by Crippen LogP contribution is -2.43. The summed E-state index contributed by atoms with van der Waals surface area (Å²) < 4.78 is 32.0. The third kappa shape index (κ3) is 5.66. The van der Waals surface area contributed by atoms with Gasteiger partial charge in [0.15, 0.2) is 11.9 Å². The van der Waals surface area contributed by atoms with Crippen LogP contribution in [0.2, 0.25) is 0 Å². The van der Waals surface area contributed by atoms with Gasteiger partial charge < -0.3 is 10.1 Å². The lowest BCUT2D eigenvalue weighted by atomic mass is 9.95. The minimum Gasteiger partial charge on any atom is -0.474 e. The number of hydrogen-bond acceptors (Lipinski definition) is 6. The van der Waals surface area contributed by atoms with E-state index in [2.05, 4.69) is 5.32 Å². The molecule has 162 valence electrons. The van der Waals surface area contributed by atoms with Crippen LogP contribution in [0, 0.1) is 10.1 Å². The molecule has 0 aliphatic heterocycles. The van der Waals surface area contributed by atoms with E-state index in [1.165, 1.54) is 23.4 Å². The Labute approximate surface area is 171 Å². The molecule has 1 aliphatic rings. The first-order valence-corrected chi connectivity index (χ1v) is 11.4. The Balaban J connectivity index is 2.20. The second kappa shape index (κ2) is 10.0. The largest absolute Gasteiger partial charge is 0.474 e. The summed E-state index contributed by atoms with van der Waals surface area (Å²) in [4.78, 5) is 23.0. The monoisotopic (exact) mass is 427 g/mol. The first kappa shape index (κ1) is 23.1. The molecule has 1 amide bonds. The number of carbonyl (C=O) groups excluding carboxylic acids is 1. The van der Waals surface area contributed by atoms with Gasteiger partial charge >= 0.3 is 5.69 Å². The summed E-state index contributed by atoms with van der Waals surface area (Å²) in [7, 11) is -3.84. The highest BCUT2D eigenvalue weighted by Gasteiger charge is 2.28. The lowest BCUT2D eigenvalue weighted by molar-refractivity contribution is -0.386. The van der Waals surface area contributed by atoms with Crippen molar-refractivity contribution in [3.63, 3.8) is 0 Å². The van der Waals surface area contributed by atoms with Crippen molar-refractivity contribution in [1.29, 1.82) is 0 Å². The Kier molecular flexibility index (Phi) is 7.97. The SMILES string of the molecule is CCN(CC)S(=O)(=O)c1ccc(OC(C)C(=O)NC2CCCCC2)c([N+](=O)[O-])c1. The summed E-state index contributed by atoms with van der Waals surface area (Å²) in [5.74, 6) is -0.481. The molecule has 1 aromatic rings. The highest BCUT2D eigenvalue weighted by molar-refractivity contribution is 7.89. The Bertz CT molecular complexity index is 832. The van der Waals surface area contributed by atoms with Crippen molar-refractivity contribution in [2.24, 2.45) is 0 Å². The summed E-state index contributed by atoms with van der Waals surface area (Å²) in [5, 5.41) is 14.4. The van der Waals surface area contributed by atoms with Crippen molar-refractivity contribution in [3.8, 4) is 5.75 Å². The molecule has 2 rings (SSSR count). The fraction of sp³-hybridized carbons (Fsp3) is 0.632. The molecule has 0 aromatic heterocycles. The number of amides is 1. The van der Waals surface area contributed by atoms with Gasteiger partial charge in [0, 0.05) is 25.2 Å². The van der Waals surface area contributed by atoms with Gasteiger partial charge in [-0.25, -0.2) is 8.42 Å². The van der Waals surface area contributed by atoms with Crippen LogP contribution in [0.3, 0.4) is 0 Å². The molecule has 10 heteroatoms. The van der Waals surface area contributed by atoms with Gasteiger partial charge in [0.2, 0.25) is 10.0 Å². The molecular formula is C19H29N3O6S. The van der Waals surface area contributed by atoms with Crippen LogP contribution in [0.4, 0.5) is 5.69 Å². The third-order valence-corrected chi connectivity index (χ3v) is 7.14. The maximum absolute atomic E-state index is 12.6. The van der Waals surface area contributed by atoms with Crippen LogP contribution < -0.4 is 10.1 Å². The van der Waals surface area contributed by atoms with Crippen molar-refractivity contribution in [2.75, 3.05) is 13.1 Å². The molecule has 1 aliphatic carbocycles. The molecule has 0 saturated heterocycles. The number of rotatable bonds is 9. The molecule has 1 atom stereocenters. The van der Waals surface area contributed by atoms with E-state index in [4.69, 9.17) is 4.74 Å². The summed E-state index contributed by atoms with van der Waals surface area (Å²) >= 11 is 0. The van der Waals surface area contributed by atoms with Gasteiger partial charge in [-0.2, -0.15) is 4.31 Å². The molecule has 1 N–H and O–H groups in total. The van der Waals surface area contributed by atoms with Crippen molar-refractivity contribution in [2.45, 2.75) is 69.9 Å². The zero-order chi connectivity index (χ0) is 21.6. The second-order valence-corrected chi connectivity index (χ2v) is 9.02. The van der Waals surface area contributed by atoms with Crippen LogP contribution in [-0.4, -0.2) is 48.8 Å². The maximum Gasteiger partial charge on any atom is 0.312 e. The van der Waals surface area contributed by atoms with Gasteiger partial charge in [0.05, 0.1) is 9.82 Å². The smallest absolute Gasteiger partial charge is 0.312 e. The molecule has 1 fully saturated rings. The van der Waals surface area contributed by atoms with Gasteiger partial charge in [0.25, 0.3) is 5.91 Å². The van der Waals surface area contributed by atoms with Crippen LogP contribution in [0.25, 0.3) is 0 Å². The summed E-state index contributed by atoms with van der Waals surface area (Å²) in [5.41, 5.74) is -0.490. The first-order chi connectivity index (χ1) is 13.7. The second-order valence-electron chi connectivity index (χ2n) is 7.08. The average Bonchev–Trinajstić information content (AvgIpc) is 2.69. The number of benzene rings is 1. The van der Waals surface area contributed by atoms with E-state index in [1.54, 1.807) is 13.8 Å². The van der Waals surface area contributed by atoms with Crippen molar-refractivity contribution >= 4 is 21.6 Å². The van der Waals surface area contributed by atoms with Gasteiger partial charge in [-0.15, -0.1) is 0 Å². The minimum atomic E-state index is -3.84. The number of carbonyl (C=O) groups is 1. The fourth-order valence-electron chi connectivity index (χ4n) is 3.42. The highest BCUT2D eigenvalue weighted by atomic mass is 32.2. The molecule has 0 radical (unpaired) electrons. The number of nitrogens with one attached hydrogen (secondary N) is 1. The summed E-state index contributed by atoms with van der Waals surface area (Å²) in [6.07, 6.45) is 4.17. The van der Waals surface area contributed by atoms with Gasteiger partial charge in [0.1, 0.15) is 0 Å². The number of nitrogens with zero attached hydrogens (tertiary/aromatic N) is 2. The zero-order valence-electron chi connectivity index (χ0n) is 17.1. The molecule has 0 bridgehead atoms.